The van der Waals surface area contributed by atoms with Crippen LogP contribution in [0.3, 0.4) is 0 Å². The van der Waals surface area contributed by atoms with Crippen molar-refractivity contribution in [3.05, 3.63) is 9.39 Å². The van der Waals surface area contributed by atoms with Crippen LogP contribution in [0.2, 0.25) is 0 Å². The molecule has 2 aliphatic heterocycles. The first kappa shape index (κ1) is 8.81. The first-order valence-electron chi connectivity index (χ1n) is 5.12. The molecule has 72 valence electrons. The summed E-state index contributed by atoms with van der Waals surface area (Å²) in [6, 6.07) is 0. The first-order chi connectivity index (χ1) is 6.36. The van der Waals surface area contributed by atoms with E-state index in [9.17, 15) is 0 Å². The summed E-state index contributed by atoms with van der Waals surface area (Å²) in [7, 11) is 0. The van der Waals surface area contributed by atoms with Crippen LogP contribution >= 0.6 is 27.7 Å². The smallest absolute Gasteiger partial charge is 0.0501 e. The molecule has 0 radical (unpaired) electrons. The highest BCUT2D eigenvalue weighted by molar-refractivity contribution is 9.14. The molecule has 0 aromatic rings. The molecule has 0 spiro atoms. The van der Waals surface area contributed by atoms with Crippen LogP contribution in [0.1, 0.15) is 19.3 Å². The molecular formula is C10H14BrNS. The standard InChI is InChI=1S/C10H14BrNS/c11-10-7-2-1-6-5-12-4-3-8(13-10)9(6)7/h6,8-9,12H,1-5H2. The second-order valence-electron chi connectivity index (χ2n) is 4.27. The Labute approximate surface area is 91.9 Å². The third-order valence-corrected chi connectivity index (χ3v) is 5.99. The van der Waals surface area contributed by atoms with Crippen molar-refractivity contribution in [2.75, 3.05) is 13.1 Å². The third kappa shape index (κ3) is 1.31. The monoisotopic (exact) mass is 259 g/mol. The molecular weight excluding hydrogens is 246 g/mol. The molecule has 3 atom stereocenters. The molecule has 3 heteroatoms. The number of halogens is 1. The number of thioether (sulfide) groups is 1. The maximum Gasteiger partial charge on any atom is 0.0501 e. The SMILES string of the molecule is BrC1=C2CCC3CNCCC(S1)C23. The van der Waals surface area contributed by atoms with Gasteiger partial charge in [-0.1, -0.05) is 0 Å². The van der Waals surface area contributed by atoms with Gasteiger partial charge in [0, 0.05) is 5.25 Å². The Kier molecular flexibility index (Phi) is 2.22. The minimum Gasteiger partial charge on any atom is -0.316 e. The summed E-state index contributed by atoms with van der Waals surface area (Å²) in [6.45, 7) is 2.48. The van der Waals surface area contributed by atoms with E-state index in [1.54, 1.807) is 5.57 Å². The van der Waals surface area contributed by atoms with Gasteiger partial charge in [0.15, 0.2) is 0 Å². The molecule has 13 heavy (non-hydrogen) atoms. The van der Waals surface area contributed by atoms with Gasteiger partial charge >= 0.3 is 0 Å². The highest BCUT2D eigenvalue weighted by Gasteiger charge is 2.44. The van der Waals surface area contributed by atoms with Crippen molar-refractivity contribution in [3.8, 4) is 0 Å². The summed E-state index contributed by atoms with van der Waals surface area (Å²) in [6.07, 6.45) is 4.12. The zero-order valence-corrected chi connectivity index (χ0v) is 9.96. The minimum absolute atomic E-state index is 0.881. The molecule has 3 unspecified atom stereocenters. The van der Waals surface area contributed by atoms with Crippen molar-refractivity contribution in [2.45, 2.75) is 24.5 Å². The molecule has 1 nitrogen and oxygen atoms in total. The van der Waals surface area contributed by atoms with E-state index in [1.807, 2.05) is 0 Å². The van der Waals surface area contributed by atoms with Crippen LogP contribution < -0.4 is 5.32 Å². The van der Waals surface area contributed by atoms with Crippen molar-refractivity contribution < 1.29 is 0 Å². The predicted octanol–water partition coefficient (Wildman–Crippen LogP) is 2.73. The normalized spacial score (nSPS) is 43.6. The number of allylic oxidation sites excluding steroid dienone is 1. The van der Waals surface area contributed by atoms with E-state index in [4.69, 9.17) is 0 Å². The summed E-state index contributed by atoms with van der Waals surface area (Å²) in [5.41, 5.74) is 1.74. The molecule has 0 amide bonds. The van der Waals surface area contributed by atoms with Gasteiger partial charge in [0.1, 0.15) is 0 Å². The molecule has 1 N–H and O–H groups in total. The van der Waals surface area contributed by atoms with E-state index in [-0.39, 0.29) is 0 Å². The highest BCUT2D eigenvalue weighted by Crippen LogP contribution is 2.55. The van der Waals surface area contributed by atoms with Gasteiger partial charge in [-0.2, -0.15) is 0 Å². The molecule has 3 rings (SSSR count). The highest BCUT2D eigenvalue weighted by atomic mass is 79.9. The first-order valence-corrected chi connectivity index (χ1v) is 6.79. The minimum atomic E-state index is 0.881. The maximum atomic E-state index is 3.73. The fourth-order valence-corrected chi connectivity index (χ4v) is 5.62. The van der Waals surface area contributed by atoms with Crippen LogP contribution in [0.25, 0.3) is 0 Å². The van der Waals surface area contributed by atoms with Crippen molar-refractivity contribution in [3.63, 3.8) is 0 Å². The van der Waals surface area contributed by atoms with E-state index in [1.165, 1.54) is 36.2 Å². The lowest BCUT2D eigenvalue weighted by Crippen LogP contribution is -2.22. The number of hydrogen-bond acceptors (Lipinski definition) is 2. The Morgan fingerprint density at radius 3 is 3.23 bits per heavy atom. The quantitative estimate of drug-likeness (QED) is 0.718. The van der Waals surface area contributed by atoms with E-state index in [0.29, 0.717) is 0 Å². The molecule has 2 heterocycles. The van der Waals surface area contributed by atoms with Gasteiger partial charge in [-0.15, -0.1) is 11.8 Å². The van der Waals surface area contributed by atoms with Crippen LogP contribution in [0.5, 0.6) is 0 Å². The fourth-order valence-electron chi connectivity index (χ4n) is 3.01. The summed E-state index contributed by atoms with van der Waals surface area (Å²) >= 11 is 5.81. The summed E-state index contributed by atoms with van der Waals surface area (Å²) in [4.78, 5) is 0. The Hall–Kier alpha value is 0.530. The Bertz CT molecular complexity index is 264. The van der Waals surface area contributed by atoms with Gasteiger partial charge in [-0.25, -0.2) is 0 Å². The number of hydrogen-bond donors (Lipinski definition) is 1. The zero-order chi connectivity index (χ0) is 8.84. The van der Waals surface area contributed by atoms with Gasteiger partial charge in [0.2, 0.25) is 0 Å². The van der Waals surface area contributed by atoms with Gasteiger partial charge < -0.3 is 5.32 Å². The van der Waals surface area contributed by atoms with Crippen LogP contribution in [0.4, 0.5) is 0 Å². The van der Waals surface area contributed by atoms with E-state index < -0.39 is 0 Å². The molecule has 1 saturated carbocycles. The van der Waals surface area contributed by atoms with E-state index >= 15 is 0 Å². The van der Waals surface area contributed by atoms with Crippen molar-refractivity contribution in [2.24, 2.45) is 11.8 Å². The molecule has 3 aliphatic rings. The fraction of sp³-hybridized carbons (Fsp3) is 0.800. The number of nitrogens with one attached hydrogen (secondary N) is 1. The second kappa shape index (κ2) is 3.28. The summed E-state index contributed by atoms with van der Waals surface area (Å²) in [5, 5.41) is 4.45. The Morgan fingerprint density at radius 2 is 2.31 bits per heavy atom. The lowest BCUT2D eigenvalue weighted by molar-refractivity contribution is 0.427. The summed E-state index contributed by atoms with van der Waals surface area (Å²) < 4.78 is 1.48. The van der Waals surface area contributed by atoms with Gasteiger partial charge in [0.25, 0.3) is 0 Å². The molecule has 0 aromatic heterocycles. The zero-order valence-electron chi connectivity index (χ0n) is 7.55. The average molecular weight is 260 g/mol. The molecule has 2 fully saturated rings. The van der Waals surface area contributed by atoms with Gasteiger partial charge in [-0.3, -0.25) is 0 Å². The Balaban J connectivity index is 1.95. The lowest BCUT2D eigenvalue weighted by Gasteiger charge is -2.19. The van der Waals surface area contributed by atoms with Crippen LogP contribution in [-0.4, -0.2) is 18.3 Å². The van der Waals surface area contributed by atoms with Gasteiger partial charge in [0.05, 0.1) is 3.81 Å². The van der Waals surface area contributed by atoms with E-state index in [0.717, 1.165) is 17.1 Å². The second-order valence-corrected chi connectivity index (χ2v) is 6.84. The molecule has 1 aliphatic carbocycles. The molecule has 0 bridgehead atoms. The lowest BCUT2D eigenvalue weighted by atomic mass is 9.90. The van der Waals surface area contributed by atoms with Crippen molar-refractivity contribution >= 4 is 27.7 Å². The van der Waals surface area contributed by atoms with Crippen LogP contribution in [-0.2, 0) is 0 Å². The molecule has 1 saturated heterocycles. The Morgan fingerprint density at radius 1 is 1.38 bits per heavy atom. The van der Waals surface area contributed by atoms with Gasteiger partial charge in [-0.05, 0) is 65.7 Å². The number of rotatable bonds is 0. The molecule has 0 aromatic carbocycles. The van der Waals surface area contributed by atoms with Crippen LogP contribution in [0.15, 0.2) is 9.39 Å². The third-order valence-electron chi connectivity index (χ3n) is 3.61. The van der Waals surface area contributed by atoms with Crippen molar-refractivity contribution in [1.29, 1.82) is 0 Å². The van der Waals surface area contributed by atoms with Crippen molar-refractivity contribution in [1.82, 2.24) is 5.32 Å². The average Bonchev–Trinajstić information content (AvgIpc) is 2.58. The van der Waals surface area contributed by atoms with Crippen LogP contribution in [0, 0.1) is 11.8 Å². The largest absolute Gasteiger partial charge is 0.316 e. The maximum absolute atomic E-state index is 3.73. The topological polar surface area (TPSA) is 12.0 Å². The van der Waals surface area contributed by atoms with E-state index in [2.05, 4.69) is 33.0 Å². The predicted molar refractivity (Wildman–Crippen MR) is 61.0 cm³/mol. The summed E-state index contributed by atoms with van der Waals surface area (Å²) in [5.74, 6) is 1.85.